The molecule has 0 bridgehead atoms. The molecule has 0 heterocycles. The molecule has 0 aromatic rings. The highest BCUT2D eigenvalue weighted by atomic mass is 16.3. The molecule has 0 aliphatic rings. The second-order valence-corrected chi connectivity index (χ2v) is 3.12. The lowest BCUT2D eigenvalue weighted by Crippen LogP contribution is -1.98. The van der Waals surface area contributed by atoms with Gasteiger partial charge in [0.15, 0.2) is 0 Å². The molecule has 0 spiro atoms. The number of rotatable bonds is 5. The van der Waals surface area contributed by atoms with Gasteiger partial charge in [0, 0.05) is 6.61 Å². The largest absolute Gasteiger partial charge is 0.396 e. The van der Waals surface area contributed by atoms with Gasteiger partial charge in [-0.15, -0.1) is 0 Å². The summed E-state index contributed by atoms with van der Waals surface area (Å²) in [6.45, 7) is 2.09. The van der Waals surface area contributed by atoms with Crippen molar-refractivity contribution in [2.75, 3.05) is 6.61 Å². The molecule has 86 valence electrons. The third-order valence-electron chi connectivity index (χ3n) is 1.72. The zero-order chi connectivity index (χ0) is 12.1. The van der Waals surface area contributed by atoms with Crippen molar-refractivity contribution in [3.8, 4) is 23.7 Å². The molecular weight excluding hydrogens is 200 g/mol. The van der Waals surface area contributed by atoms with Gasteiger partial charge in [0.25, 0.3) is 0 Å². The summed E-state index contributed by atoms with van der Waals surface area (Å²) < 4.78 is 0. The SMILES string of the molecule is CC[C@H](O)C#CC#C/C=C/C=C/CCCO. The van der Waals surface area contributed by atoms with E-state index in [4.69, 9.17) is 10.2 Å². The van der Waals surface area contributed by atoms with Crippen LogP contribution in [0.4, 0.5) is 0 Å². The molecule has 0 rings (SSSR count). The Kier molecular flexibility index (Phi) is 10.5. The van der Waals surface area contributed by atoms with Crippen molar-refractivity contribution in [3.05, 3.63) is 24.3 Å². The van der Waals surface area contributed by atoms with Crippen LogP contribution < -0.4 is 0 Å². The Morgan fingerprint density at radius 1 is 1.25 bits per heavy atom. The molecule has 0 aromatic carbocycles. The Balaban J connectivity index is 3.77. The summed E-state index contributed by atoms with van der Waals surface area (Å²) in [6.07, 6.45) is 9.09. The minimum Gasteiger partial charge on any atom is -0.396 e. The first-order chi connectivity index (χ1) is 7.81. The molecule has 2 nitrogen and oxygen atoms in total. The second kappa shape index (κ2) is 11.6. The van der Waals surface area contributed by atoms with Crippen LogP contribution in [0.15, 0.2) is 24.3 Å². The zero-order valence-corrected chi connectivity index (χ0v) is 9.61. The van der Waals surface area contributed by atoms with Crippen molar-refractivity contribution >= 4 is 0 Å². The Morgan fingerprint density at radius 3 is 2.75 bits per heavy atom. The van der Waals surface area contributed by atoms with Crippen molar-refractivity contribution in [2.45, 2.75) is 32.3 Å². The number of unbranched alkanes of at least 4 members (excludes halogenated alkanes) is 1. The molecule has 0 aliphatic carbocycles. The highest BCUT2D eigenvalue weighted by molar-refractivity contribution is 5.32. The number of aliphatic hydroxyl groups is 2. The predicted octanol–water partition coefficient (Wildman–Crippen LogP) is 1.65. The van der Waals surface area contributed by atoms with Crippen molar-refractivity contribution in [1.29, 1.82) is 0 Å². The van der Waals surface area contributed by atoms with E-state index in [1.165, 1.54) is 0 Å². The van der Waals surface area contributed by atoms with Crippen LogP contribution in [0.5, 0.6) is 0 Å². The van der Waals surface area contributed by atoms with Crippen LogP contribution >= 0.6 is 0 Å². The minimum absolute atomic E-state index is 0.225. The minimum atomic E-state index is -0.573. The van der Waals surface area contributed by atoms with Gasteiger partial charge < -0.3 is 10.2 Å². The number of hydrogen-bond acceptors (Lipinski definition) is 2. The van der Waals surface area contributed by atoms with E-state index in [-0.39, 0.29) is 6.61 Å². The molecule has 0 saturated carbocycles. The average molecular weight is 218 g/mol. The molecule has 0 aromatic heterocycles. The maximum atomic E-state index is 9.09. The van der Waals surface area contributed by atoms with Crippen molar-refractivity contribution in [2.24, 2.45) is 0 Å². The van der Waals surface area contributed by atoms with E-state index < -0.39 is 6.10 Å². The summed E-state index contributed by atoms with van der Waals surface area (Å²) in [5.41, 5.74) is 0. The fraction of sp³-hybridized carbons (Fsp3) is 0.429. The summed E-state index contributed by atoms with van der Waals surface area (Å²) in [5, 5.41) is 17.6. The van der Waals surface area contributed by atoms with E-state index in [2.05, 4.69) is 23.7 Å². The average Bonchev–Trinajstić information content (AvgIpc) is 2.31. The molecule has 0 aliphatic heterocycles. The van der Waals surface area contributed by atoms with Gasteiger partial charge in [0.2, 0.25) is 0 Å². The highest BCUT2D eigenvalue weighted by Crippen LogP contribution is 1.89. The molecule has 0 fully saturated rings. The molecule has 0 amide bonds. The number of aliphatic hydroxyl groups excluding tert-OH is 2. The molecule has 16 heavy (non-hydrogen) atoms. The van der Waals surface area contributed by atoms with Crippen molar-refractivity contribution < 1.29 is 10.2 Å². The van der Waals surface area contributed by atoms with Gasteiger partial charge in [-0.1, -0.05) is 37.0 Å². The Hall–Kier alpha value is -1.48. The van der Waals surface area contributed by atoms with E-state index in [1.54, 1.807) is 6.08 Å². The number of hydrogen-bond donors (Lipinski definition) is 2. The molecule has 0 radical (unpaired) electrons. The molecule has 2 heteroatoms. The van der Waals surface area contributed by atoms with Gasteiger partial charge in [-0.05, 0) is 37.2 Å². The second-order valence-electron chi connectivity index (χ2n) is 3.12. The molecule has 0 unspecified atom stereocenters. The van der Waals surface area contributed by atoms with E-state index >= 15 is 0 Å². The highest BCUT2D eigenvalue weighted by Gasteiger charge is 1.88. The van der Waals surface area contributed by atoms with Crippen LogP contribution in [-0.4, -0.2) is 22.9 Å². The first-order valence-electron chi connectivity index (χ1n) is 5.43. The maximum absolute atomic E-state index is 9.09. The monoisotopic (exact) mass is 218 g/mol. The van der Waals surface area contributed by atoms with Gasteiger partial charge in [-0.3, -0.25) is 0 Å². The van der Waals surface area contributed by atoms with Crippen LogP contribution in [0.2, 0.25) is 0 Å². The van der Waals surface area contributed by atoms with Gasteiger partial charge in [-0.25, -0.2) is 0 Å². The Morgan fingerprint density at radius 2 is 2.06 bits per heavy atom. The zero-order valence-electron chi connectivity index (χ0n) is 9.61. The fourth-order valence-electron chi connectivity index (χ4n) is 0.787. The Bertz CT molecular complexity index is 331. The topological polar surface area (TPSA) is 40.5 Å². The van der Waals surface area contributed by atoms with Crippen LogP contribution in [0, 0.1) is 23.7 Å². The quantitative estimate of drug-likeness (QED) is 0.418. The van der Waals surface area contributed by atoms with Crippen molar-refractivity contribution in [3.63, 3.8) is 0 Å². The smallest absolute Gasteiger partial charge is 0.115 e. The summed E-state index contributed by atoms with van der Waals surface area (Å²) >= 11 is 0. The Labute approximate surface area is 97.7 Å². The van der Waals surface area contributed by atoms with Gasteiger partial charge in [0.1, 0.15) is 6.10 Å². The van der Waals surface area contributed by atoms with E-state index in [1.807, 2.05) is 25.2 Å². The third-order valence-corrected chi connectivity index (χ3v) is 1.72. The van der Waals surface area contributed by atoms with Gasteiger partial charge in [0.05, 0.1) is 0 Å². The van der Waals surface area contributed by atoms with Crippen LogP contribution in [0.3, 0.4) is 0 Å². The van der Waals surface area contributed by atoms with E-state index in [0.29, 0.717) is 6.42 Å². The standard InChI is InChI=1S/C14H18O2/c1-2-14(16)12-10-8-6-4-3-5-7-9-11-13-15/h3-5,7,14-16H,2,9,11,13H2,1H3/b4-3+,7-5+/t14-/m0/s1. The summed E-state index contributed by atoms with van der Waals surface area (Å²) in [7, 11) is 0. The van der Waals surface area contributed by atoms with Crippen LogP contribution in [-0.2, 0) is 0 Å². The van der Waals surface area contributed by atoms with E-state index in [0.717, 1.165) is 12.8 Å². The molecule has 2 N–H and O–H groups in total. The third kappa shape index (κ3) is 10.6. The van der Waals surface area contributed by atoms with E-state index in [9.17, 15) is 0 Å². The summed E-state index contributed by atoms with van der Waals surface area (Å²) in [6, 6.07) is 0. The molecule has 0 saturated heterocycles. The van der Waals surface area contributed by atoms with Crippen molar-refractivity contribution in [1.82, 2.24) is 0 Å². The normalized spacial score (nSPS) is 11.9. The maximum Gasteiger partial charge on any atom is 0.115 e. The summed E-state index contributed by atoms with van der Waals surface area (Å²) in [4.78, 5) is 0. The van der Waals surface area contributed by atoms with Crippen LogP contribution in [0.25, 0.3) is 0 Å². The first-order valence-corrected chi connectivity index (χ1v) is 5.43. The molecule has 1 atom stereocenters. The summed E-state index contributed by atoms with van der Waals surface area (Å²) in [5.74, 6) is 10.5. The number of allylic oxidation sites excluding steroid dienone is 4. The lowest BCUT2D eigenvalue weighted by molar-refractivity contribution is 0.228. The van der Waals surface area contributed by atoms with Gasteiger partial charge >= 0.3 is 0 Å². The fourth-order valence-corrected chi connectivity index (χ4v) is 0.787. The first kappa shape index (κ1) is 14.5. The van der Waals surface area contributed by atoms with Crippen LogP contribution in [0.1, 0.15) is 26.2 Å². The van der Waals surface area contributed by atoms with Gasteiger partial charge in [-0.2, -0.15) is 0 Å². The lowest BCUT2D eigenvalue weighted by atomic mass is 10.3. The molecular formula is C14H18O2. The lowest BCUT2D eigenvalue weighted by Gasteiger charge is -1.91. The predicted molar refractivity (Wildman–Crippen MR) is 66.4 cm³/mol.